The highest BCUT2D eigenvalue weighted by molar-refractivity contribution is 5.75. The van der Waals surface area contributed by atoms with Gasteiger partial charge >= 0.3 is 5.97 Å². The van der Waals surface area contributed by atoms with Gasteiger partial charge in [-0.05, 0) is 18.6 Å². The van der Waals surface area contributed by atoms with Gasteiger partial charge in [-0.1, -0.05) is 32.0 Å². The van der Waals surface area contributed by atoms with Gasteiger partial charge in [0.15, 0.2) is 0 Å². The summed E-state index contributed by atoms with van der Waals surface area (Å²) in [6.07, 6.45) is 0.580. The number of hydrogen-bond acceptors (Lipinski definition) is 5. The predicted molar refractivity (Wildman–Crippen MR) is 81.4 cm³/mol. The maximum Gasteiger partial charge on any atom is 0.322 e. The lowest BCUT2D eigenvalue weighted by atomic mass is 10.2. The van der Waals surface area contributed by atoms with Crippen molar-refractivity contribution in [3.8, 4) is 5.75 Å². The largest absolute Gasteiger partial charge is 0.491 e. The molecule has 0 bridgehead atoms. The molecule has 0 aliphatic rings. The lowest BCUT2D eigenvalue weighted by Crippen LogP contribution is -2.42. The molecule has 0 saturated carbocycles. The van der Waals surface area contributed by atoms with Gasteiger partial charge < -0.3 is 19.5 Å². The van der Waals surface area contributed by atoms with Gasteiger partial charge in [0.25, 0.3) is 0 Å². The monoisotopic (exact) mass is 295 g/mol. The van der Waals surface area contributed by atoms with Gasteiger partial charge in [-0.15, -0.1) is 0 Å². The smallest absolute Gasteiger partial charge is 0.322 e. The van der Waals surface area contributed by atoms with E-state index in [-0.39, 0.29) is 18.1 Å². The van der Waals surface area contributed by atoms with E-state index in [0.717, 1.165) is 5.75 Å². The number of carbonyl (C=O) groups is 1. The number of nitrogens with one attached hydrogen (secondary N) is 1. The molecule has 0 aromatic heterocycles. The Morgan fingerprint density at radius 2 is 1.86 bits per heavy atom. The maximum atomic E-state index is 11.6. The normalized spacial score (nSPS) is 12.2. The molecule has 1 atom stereocenters. The molecule has 1 rings (SSSR count). The van der Waals surface area contributed by atoms with E-state index >= 15 is 0 Å². The summed E-state index contributed by atoms with van der Waals surface area (Å²) in [6.45, 7) is 5.45. The molecule has 118 valence electrons. The Morgan fingerprint density at radius 3 is 2.48 bits per heavy atom. The Morgan fingerprint density at radius 1 is 1.14 bits per heavy atom. The number of methoxy groups -OCH3 is 1. The fourth-order valence-electron chi connectivity index (χ4n) is 1.85. The van der Waals surface area contributed by atoms with Crippen molar-refractivity contribution < 1.29 is 19.0 Å². The summed E-state index contributed by atoms with van der Waals surface area (Å²) in [5.74, 6) is 0.572. The minimum Gasteiger partial charge on any atom is -0.491 e. The first-order valence-electron chi connectivity index (χ1n) is 7.23. The fourth-order valence-corrected chi connectivity index (χ4v) is 1.85. The Kier molecular flexibility index (Phi) is 8.47. The van der Waals surface area contributed by atoms with Crippen LogP contribution in [0.4, 0.5) is 0 Å². The Labute approximate surface area is 126 Å². The Hall–Kier alpha value is -1.59. The molecule has 0 amide bonds. The van der Waals surface area contributed by atoms with E-state index in [0.29, 0.717) is 26.2 Å². The first kappa shape index (κ1) is 17.5. The number of esters is 1. The van der Waals surface area contributed by atoms with Gasteiger partial charge in [-0.25, -0.2) is 0 Å². The second kappa shape index (κ2) is 10.2. The van der Waals surface area contributed by atoms with Gasteiger partial charge in [0.05, 0.1) is 13.7 Å². The SMILES string of the molecule is COC(=O)C(CCOCCOc1ccccc1)NC(C)C. The van der Waals surface area contributed by atoms with Gasteiger partial charge in [-0.2, -0.15) is 0 Å². The third kappa shape index (κ3) is 7.68. The molecule has 5 nitrogen and oxygen atoms in total. The highest BCUT2D eigenvalue weighted by Crippen LogP contribution is 2.07. The van der Waals surface area contributed by atoms with Gasteiger partial charge in [0.2, 0.25) is 0 Å². The summed E-state index contributed by atoms with van der Waals surface area (Å²) in [7, 11) is 1.39. The summed E-state index contributed by atoms with van der Waals surface area (Å²) >= 11 is 0. The minimum absolute atomic E-state index is 0.218. The summed E-state index contributed by atoms with van der Waals surface area (Å²) < 4.78 is 15.8. The third-order valence-electron chi connectivity index (χ3n) is 2.81. The predicted octanol–water partition coefficient (Wildman–Crippen LogP) is 2.01. The maximum absolute atomic E-state index is 11.6. The quantitative estimate of drug-likeness (QED) is 0.528. The molecule has 0 heterocycles. The van der Waals surface area contributed by atoms with Crippen LogP contribution in [0.5, 0.6) is 5.75 Å². The van der Waals surface area contributed by atoms with Gasteiger partial charge in [0.1, 0.15) is 18.4 Å². The van der Waals surface area contributed by atoms with Crippen LogP contribution in [-0.4, -0.2) is 45.0 Å². The van der Waals surface area contributed by atoms with Crippen molar-refractivity contribution >= 4 is 5.97 Å². The number of ether oxygens (including phenoxy) is 3. The topological polar surface area (TPSA) is 56.8 Å². The molecule has 1 unspecified atom stereocenters. The van der Waals surface area contributed by atoms with Crippen molar-refractivity contribution in [2.45, 2.75) is 32.4 Å². The minimum atomic E-state index is -0.329. The van der Waals surface area contributed by atoms with Crippen molar-refractivity contribution in [3.05, 3.63) is 30.3 Å². The van der Waals surface area contributed by atoms with E-state index in [2.05, 4.69) is 5.32 Å². The molecule has 1 aromatic rings. The molecule has 0 fully saturated rings. The van der Waals surface area contributed by atoms with Crippen molar-refractivity contribution in [2.24, 2.45) is 0 Å². The Balaban J connectivity index is 2.15. The standard InChI is InChI=1S/C16H25NO4/c1-13(2)17-15(16(18)19-3)9-10-20-11-12-21-14-7-5-4-6-8-14/h4-8,13,15,17H,9-12H2,1-3H3. The van der Waals surface area contributed by atoms with Crippen LogP contribution >= 0.6 is 0 Å². The van der Waals surface area contributed by atoms with Crippen molar-refractivity contribution in [3.63, 3.8) is 0 Å². The van der Waals surface area contributed by atoms with E-state index in [1.165, 1.54) is 7.11 Å². The number of rotatable bonds is 10. The molecule has 1 N–H and O–H groups in total. The van der Waals surface area contributed by atoms with E-state index in [1.807, 2.05) is 44.2 Å². The lowest BCUT2D eigenvalue weighted by Gasteiger charge is -2.18. The number of hydrogen-bond donors (Lipinski definition) is 1. The van der Waals surface area contributed by atoms with Gasteiger partial charge in [0, 0.05) is 12.6 Å². The molecular weight excluding hydrogens is 270 g/mol. The number of para-hydroxylation sites is 1. The molecular formula is C16H25NO4. The zero-order chi connectivity index (χ0) is 15.5. The molecule has 0 saturated heterocycles. The summed E-state index contributed by atoms with van der Waals surface area (Å²) in [5, 5.41) is 3.16. The second-order valence-corrected chi connectivity index (χ2v) is 4.96. The van der Waals surface area contributed by atoms with Crippen LogP contribution in [0.1, 0.15) is 20.3 Å². The average molecular weight is 295 g/mol. The van der Waals surface area contributed by atoms with Crippen LogP contribution < -0.4 is 10.1 Å². The highest BCUT2D eigenvalue weighted by Gasteiger charge is 2.19. The summed E-state index contributed by atoms with van der Waals surface area (Å²) in [5.41, 5.74) is 0. The highest BCUT2D eigenvalue weighted by atomic mass is 16.5. The van der Waals surface area contributed by atoms with Crippen molar-refractivity contribution in [1.82, 2.24) is 5.32 Å². The van der Waals surface area contributed by atoms with Crippen LogP contribution in [-0.2, 0) is 14.3 Å². The molecule has 1 aromatic carbocycles. The van der Waals surface area contributed by atoms with Crippen LogP contribution in [0.3, 0.4) is 0 Å². The van der Waals surface area contributed by atoms with E-state index in [1.54, 1.807) is 0 Å². The molecule has 0 spiro atoms. The number of benzene rings is 1. The molecule has 5 heteroatoms. The van der Waals surface area contributed by atoms with E-state index < -0.39 is 0 Å². The third-order valence-corrected chi connectivity index (χ3v) is 2.81. The molecule has 0 aliphatic heterocycles. The first-order chi connectivity index (χ1) is 10.1. The van der Waals surface area contributed by atoms with Crippen molar-refractivity contribution in [2.75, 3.05) is 26.9 Å². The fraction of sp³-hybridized carbons (Fsp3) is 0.562. The zero-order valence-electron chi connectivity index (χ0n) is 13.0. The lowest BCUT2D eigenvalue weighted by molar-refractivity contribution is -0.143. The van der Waals surface area contributed by atoms with E-state index in [9.17, 15) is 4.79 Å². The van der Waals surface area contributed by atoms with Crippen LogP contribution in [0.25, 0.3) is 0 Å². The zero-order valence-corrected chi connectivity index (χ0v) is 13.0. The summed E-state index contributed by atoms with van der Waals surface area (Å²) in [4.78, 5) is 11.6. The van der Waals surface area contributed by atoms with Crippen LogP contribution in [0.2, 0.25) is 0 Å². The number of carbonyl (C=O) groups excluding carboxylic acids is 1. The average Bonchev–Trinajstić information content (AvgIpc) is 2.49. The first-order valence-corrected chi connectivity index (χ1v) is 7.23. The molecule has 0 aliphatic carbocycles. The second-order valence-electron chi connectivity index (χ2n) is 4.96. The van der Waals surface area contributed by atoms with Crippen molar-refractivity contribution in [1.29, 1.82) is 0 Å². The summed E-state index contributed by atoms with van der Waals surface area (Å²) in [6, 6.07) is 9.49. The van der Waals surface area contributed by atoms with Gasteiger partial charge in [-0.3, -0.25) is 4.79 Å². The Bertz CT molecular complexity index is 395. The van der Waals surface area contributed by atoms with Crippen LogP contribution in [0, 0.1) is 0 Å². The van der Waals surface area contributed by atoms with E-state index in [4.69, 9.17) is 14.2 Å². The molecule has 21 heavy (non-hydrogen) atoms. The van der Waals surface area contributed by atoms with Crippen LogP contribution in [0.15, 0.2) is 30.3 Å². The molecule has 0 radical (unpaired) electrons.